The van der Waals surface area contributed by atoms with Crippen molar-refractivity contribution in [2.24, 2.45) is 0 Å². The van der Waals surface area contributed by atoms with Crippen LogP contribution in [0.25, 0.3) is 0 Å². The van der Waals surface area contributed by atoms with Crippen molar-refractivity contribution in [1.82, 2.24) is 4.90 Å². The van der Waals surface area contributed by atoms with Gasteiger partial charge in [-0.2, -0.15) is 11.8 Å². The van der Waals surface area contributed by atoms with Crippen LogP contribution in [-0.4, -0.2) is 45.8 Å². The van der Waals surface area contributed by atoms with Gasteiger partial charge in [-0.25, -0.2) is 4.79 Å². The van der Waals surface area contributed by atoms with E-state index in [4.69, 9.17) is 1.37 Å². The minimum Gasteiger partial charge on any atom is -0.480 e. The van der Waals surface area contributed by atoms with E-state index in [1.807, 2.05) is 0 Å². The number of amides is 2. The van der Waals surface area contributed by atoms with Crippen LogP contribution < -0.4 is 0 Å². The first-order chi connectivity index (χ1) is 9.43. The molecule has 1 aliphatic rings. The van der Waals surface area contributed by atoms with Crippen LogP contribution in [0, 0.1) is 0 Å². The van der Waals surface area contributed by atoms with Gasteiger partial charge in [0.15, 0.2) is 0 Å². The molecule has 1 aliphatic heterocycles. The number of carboxylic acid groups (broad SMARTS) is 1. The summed E-state index contributed by atoms with van der Waals surface area (Å²) in [4.78, 5) is 36.4. The van der Waals surface area contributed by atoms with Gasteiger partial charge in [-0.05, 0) is 30.6 Å². The second-order valence-corrected chi connectivity index (χ2v) is 4.97. The summed E-state index contributed by atoms with van der Waals surface area (Å²) in [5.74, 6) is -2.57. The molecule has 6 heteroatoms. The van der Waals surface area contributed by atoms with E-state index < -0.39 is 23.8 Å². The summed E-state index contributed by atoms with van der Waals surface area (Å²) in [6.45, 7) is 0. The smallest absolute Gasteiger partial charge is 0.326 e. The zero-order chi connectivity index (χ0) is 14.9. The highest BCUT2D eigenvalue weighted by Gasteiger charge is 2.42. The molecule has 1 unspecified atom stereocenters. The Bertz CT molecular complexity index is 556. The molecule has 0 spiro atoms. The number of hydrogen-bond donors (Lipinski definition) is 1. The number of carbonyl (C=O) groups excluding carboxylic acids is 2. The molecule has 0 bridgehead atoms. The molecule has 0 aromatic heterocycles. The standard InChI is InChI=1S/C13H13NO4S/c1-19-7-6-10(13(17)18)14-11(15)8-4-2-3-5-9(8)12(14)16/h2-5,10H,6-7H2,1H3,(H,17,18)/i10D. The molecule has 100 valence electrons. The SMILES string of the molecule is [2H]C(CCSC)(C(=O)O)N1C(=O)c2ccccc2C1=O. The third kappa shape index (κ3) is 2.35. The molecule has 2 rings (SSSR count). The number of rotatable bonds is 5. The molecular formula is C13H13NO4S. The van der Waals surface area contributed by atoms with Crippen LogP contribution >= 0.6 is 11.8 Å². The summed E-state index contributed by atoms with van der Waals surface area (Å²) in [5.41, 5.74) is 0.305. The van der Waals surface area contributed by atoms with Crippen LogP contribution in [0.4, 0.5) is 0 Å². The fraction of sp³-hybridized carbons (Fsp3) is 0.308. The summed E-state index contributed by atoms with van der Waals surface area (Å²) in [7, 11) is 0. The Hall–Kier alpha value is -1.82. The van der Waals surface area contributed by atoms with Crippen molar-refractivity contribution in [1.29, 1.82) is 0 Å². The number of nitrogens with zero attached hydrogens (tertiary/aromatic N) is 1. The second kappa shape index (κ2) is 5.44. The Balaban J connectivity index is 2.45. The highest BCUT2D eigenvalue weighted by atomic mass is 32.2. The Kier molecular flexibility index (Phi) is 3.50. The molecule has 2 amide bonds. The zero-order valence-corrected chi connectivity index (χ0v) is 11.1. The van der Waals surface area contributed by atoms with Gasteiger partial charge in [-0.1, -0.05) is 12.1 Å². The lowest BCUT2D eigenvalue weighted by Gasteiger charge is -2.22. The number of fused-ring (bicyclic) bond motifs is 1. The number of aliphatic carboxylic acids is 1. The molecule has 1 atom stereocenters. The van der Waals surface area contributed by atoms with Gasteiger partial charge in [0.1, 0.15) is 6.02 Å². The van der Waals surface area contributed by atoms with Crippen LogP contribution in [0.2, 0.25) is 0 Å². The molecule has 0 saturated carbocycles. The average Bonchev–Trinajstić information content (AvgIpc) is 2.69. The molecule has 0 saturated heterocycles. The largest absolute Gasteiger partial charge is 0.480 e. The number of imide groups is 1. The van der Waals surface area contributed by atoms with Gasteiger partial charge in [0.2, 0.25) is 0 Å². The predicted octanol–water partition coefficient (Wildman–Crippen LogP) is 1.49. The highest BCUT2D eigenvalue weighted by Crippen LogP contribution is 2.26. The van der Waals surface area contributed by atoms with Crippen LogP contribution in [0.1, 0.15) is 28.5 Å². The third-order valence-electron chi connectivity index (χ3n) is 2.85. The minimum atomic E-state index is -2.27. The lowest BCUT2D eigenvalue weighted by atomic mass is 10.1. The van der Waals surface area contributed by atoms with Crippen molar-refractivity contribution in [2.45, 2.75) is 12.4 Å². The van der Waals surface area contributed by atoms with Gasteiger partial charge >= 0.3 is 5.97 Å². The molecule has 1 N–H and O–H groups in total. The van der Waals surface area contributed by atoms with E-state index in [1.165, 1.54) is 23.9 Å². The molecule has 19 heavy (non-hydrogen) atoms. The van der Waals surface area contributed by atoms with Crippen LogP contribution in [0.5, 0.6) is 0 Å². The fourth-order valence-corrected chi connectivity index (χ4v) is 2.34. The topological polar surface area (TPSA) is 74.7 Å². The van der Waals surface area contributed by atoms with Gasteiger partial charge in [-0.3, -0.25) is 14.5 Å². The van der Waals surface area contributed by atoms with Gasteiger partial charge in [0.05, 0.1) is 12.5 Å². The first-order valence-corrected chi connectivity index (χ1v) is 7.03. The van der Waals surface area contributed by atoms with Crippen molar-refractivity contribution < 1.29 is 20.9 Å². The first kappa shape index (κ1) is 12.2. The lowest BCUT2D eigenvalue weighted by Crippen LogP contribution is -2.45. The van der Waals surface area contributed by atoms with Crippen molar-refractivity contribution in [3.63, 3.8) is 0 Å². The molecule has 5 nitrogen and oxygen atoms in total. The van der Waals surface area contributed by atoms with Crippen molar-refractivity contribution >= 4 is 29.5 Å². The molecule has 1 aromatic rings. The molecule has 1 heterocycles. The Labute approximate surface area is 116 Å². The molecule has 1 aromatic carbocycles. The number of hydrogen-bond acceptors (Lipinski definition) is 4. The van der Waals surface area contributed by atoms with E-state index in [0.29, 0.717) is 10.7 Å². The van der Waals surface area contributed by atoms with Gasteiger partial charge in [0.25, 0.3) is 11.8 Å². The van der Waals surface area contributed by atoms with E-state index in [1.54, 1.807) is 18.4 Å². The first-order valence-electron chi connectivity index (χ1n) is 6.13. The van der Waals surface area contributed by atoms with Crippen molar-refractivity contribution in [3.8, 4) is 0 Å². The van der Waals surface area contributed by atoms with Gasteiger partial charge in [-0.15, -0.1) is 0 Å². The Morgan fingerprint density at radius 2 is 1.89 bits per heavy atom. The maximum Gasteiger partial charge on any atom is 0.326 e. The van der Waals surface area contributed by atoms with E-state index in [-0.39, 0.29) is 17.5 Å². The lowest BCUT2D eigenvalue weighted by molar-refractivity contribution is -0.141. The van der Waals surface area contributed by atoms with Crippen LogP contribution in [0.15, 0.2) is 24.3 Å². The monoisotopic (exact) mass is 280 g/mol. The number of carboxylic acids is 1. The maximum absolute atomic E-state index is 12.2. The van der Waals surface area contributed by atoms with Gasteiger partial charge in [0, 0.05) is 0 Å². The van der Waals surface area contributed by atoms with Crippen molar-refractivity contribution in [3.05, 3.63) is 35.4 Å². The summed E-state index contributed by atoms with van der Waals surface area (Å²) >= 11 is 1.36. The molecule has 0 aliphatic carbocycles. The maximum atomic E-state index is 12.2. The summed E-state index contributed by atoms with van der Waals surface area (Å²) in [6.07, 6.45) is 1.65. The Morgan fingerprint density at radius 1 is 1.37 bits per heavy atom. The van der Waals surface area contributed by atoms with Gasteiger partial charge < -0.3 is 5.11 Å². The van der Waals surface area contributed by atoms with E-state index in [9.17, 15) is 19.5 Å². The second-order valence-electron chi connectivity index (χ2n) is 3.99. The number of benzene rings is 1. The summed E-state index contributed by atoms with van der Waals surface area (Å²) in [5, 5.41) is 9.29. The Morgan fingerprint density at radius 3 is 2.32 bits per heavy atom. The van der Waals surface area contributed by atoms with E-state index >= 15 is 0 Å². The predicted molar refractivity (Wildman–Crippen MR) is 71.4 cm³/mol. The minimum absolute atomic E-state index is 0.116. The quantitative estimate of drug-likeness (QED) is 0.827. The highest BCUT2D eigenvalue weighted by molar-refractivity contribution is 7.98. The van der Waals surface area contributed by atoms with Crippen LogP contribution in [-0.2, 0) is 4.79 Å². The zero-order valence-electron chi connectivity index (χ0n) is 11.3. The normalized spacial score (nSPS) is 17.9. The molecule has 0 fully saturated rings. The number of thioether (sulfide) groups is 1. The summed E-state index contributed by atoms with van der Waals surface area (Å²) < 4.78 is 8.08. The number of carbonyl (C=O) groups is 3. The molecule has 0 radical (unpaired) electrons. The van der Waals surface area contributed by atoms with Crippen LogP contribution in [0.3, 0.4) is 0 Å². The van der Waals surface area contributed by atoms with E-state index in [0.717, 1.165) is 0 Å². The molecular weight excluding hydrogens is 266 g/mol. The third-order valence-corrected chi connectivity index (χ3v) is 3.47. The average molecular weight is 280 g/mol. The van der Waals surface area contributed by atoms with E-state index in [2.05, 4.69) is 0 Å². The summed E-state index contributed by atoms with van der Waals surface area (Å²) in [6, 6.07) is 3.86. The van der Waals surface area contributed by atoms with Crippen molar-refractivity contribution in [2.75, 3.05) is 12.0 Å². The fourth-order valence-electron chi connectivity index (χ4n) is 1.95.